The molecule has 3 rings (SSSR count). The predicted octanol–water partition coefficient (Wildman–Crippen LogP) is 3.96. The number of ketones is 1. The van der Waals surface area contributed by atoms with Crippen LogP contribution in [0.15, 0.2) is 17.5 Å². The SMILES string of the molecule is Cc1csc(C(=O)c2cc3c(cc2F)NC(=O)CC3)c1Cl. The molecular formula is C15H11ClFNO2S. The summed E-state index contributed by atoms with van der Waals surface area (Å²) in [6.45, 7) is 1.80. The van der Waals surface area contributed by atoms with Crippen molar-refractivity contribution in [3.63, 3.8) is 0 Å². The molecule has 0 saturated heterocycles. The fraction of sp³-hybridized carbons (Fsp3) is 0.200. The Morgan fingerprint density at radius 1 is 1.38 bits per heavy atom. The normalized spacial score (nSPS) is 13.8. The number of hydrogen-bond acceptors (Lipinski definition) is 3. The number of carbonyl (C=O) groups excluding carboxylic acids is 2. The molecule has 1 aromatic heterocycles. The molecule has 2 heterocycles. The molecule has 3 nitrogen and oxygen atoms in total. The van der Waals surface area contributed by atoms with Crippen molar-refractivity contribution < 1.29 is 14.0 Å². The van der Waals surface area contributed by atoms with E-state index in [1.165, 1.54) is 23.5 Å². The van der Waals surface area contributed by atoms with E-state index in [2.05, 4.69) is 5.32 Å². The first-order valence-corrected chi connectivity index (χ1v) is 7.63. The molecule has 1 aliphatic heterocycles. The summed E-state index contributed by atoms with van der Waals surface area (Å²) in [7, 11) is 0. The van der Waals surface area contributed by atoms with Crippen molar-refractivity contribution in [2.75, 3.05) is 5.32 Å². The van der Waals surface area contributed by atoms with Crippen LogP contribution in [0.4, 0.5) is 10.1 Å². The molecule has 2 aromatic rings. The number of benzene rings is 1. The van der Waals surface area contributed by atoms with E-state index in [0.717, 1.165) is 11.1 Å². The smallest absolute Gasteiger partial charge is 0.224 e. The molecule has 21 heavy (non-hydrogen) atoms. The van der Waals surface area contributed by atoms with Crippen LogP contribution in [-0.4, -0.2) is 11.7 Å². The number of halogens is 2. The molecule has 0 fully saturated rings. The van der Waals surface area contributed by atoms with Crippen molar-refractivity contribution >= 4 is 40.3 Å². The Morgan fingerprint density at radius 3 is 2.81 bits per heavy atom. The fourth-order valence-electron chi connectivity index (χ4n) is 2.28. The summed E-state index contributed by atoms with van der Waals surface area (Å²) >= 11 is 7.29. The van der Waals surface area contributed by atoms with E-state index >= 15 is 0 Å². The van der Waals surface area contributed by atoms with E-state index < -0.39 is 11.6 Å². The fourth-order valence-corrected chi connectivity index (χ4v) is 3.51. The van der Waals surface area contributed by atoms with E-state index in [1.807, 2.05) is 0 Å². The number of rotatable bonds is 2. The van der Waals surface area contributed by atoms with Crippen molar-refractivity contribution in [1.29, 1.82) is 0 Å². The Hall–Kier alpha value is -1.72. The molecule has 1 N–H and O–H groups in total. The van der Waals surface area contributed by atoms with Crippen LogP contribution in [0, 0.1) is 12.7 Å². The third kappa shape index (κ3) is 2.47. The van der Waals surface area contributed by atoms with Gasteiger partial charge in [-0.2, -0.15) is 0 Å². The van der Waals surface area contributed by atoms with Crippen molar-refractivity contribution in [3.8, 4) is 0 Å². The highest BCUT2D eigenvalue weighted by Gasteiger charge is 2.23. The van der Waals surface area contributed by atoms with Crippen LogP contribution < -0.4 is 5.32 Å². The lowest BCUT2D eigenvalue weighted by Crippen LogP contribution is -2.20. The van der Waals surface area contributed by atoms with Crippen LogP contribution in [0.3, 0.4) is 0 Å². The minimum absolute atomic E-state index is 0.00588. The van der Waals surface area contributed by atoms with Crippen LogP contribution in [0.1, 0.15) is 32.8 Å². The van der Waals surface area contributed by atoms with E-state index in [4.69, 9.17) is 11.6 Å². The van der Waals surface area contributed by atoms with Crippen molar-refractivity contribution in [3.05, 3.63) is 49.9 Å². The van der Waals surface area contributed by atoms with Gasteiger partial charge in [0.25, 0.3) is 0 Å². The molecule has 0 radical (unpaired) electrons. The number of thiophene rings is 1. The van der Waals surface area contributed by atoms with Gasteiger partial charge in [-0.3, -0.25) is 9.59 Å². The second-order valence-electron chi connectivity index (χ2n) is 4.93. The van der Waals surface area contributed by atoms with Gasteiger partial charge in [0.15, 0.2) is 0 Å². The quantitative estimate of drug-likeness (QED) is 0.850. The molecule has 0 unspecified atom stereocenters. The molecular weight excluding hydrogens is 313 g/mol. The highest BCUT2D eigenvalue weighted by Crippen LogP contribution is 2.32. The summed E-state index contributed by atoms with van der Waals surface area (Å²) in [6, 6.07) is 2.71. The number of hydrogen-bond donors (Lipinski definition) is 1. The molecule has 0 saturated carbocycles. The summed E-state index contributed by atoms with van der Waals surface area (Å²) < 4.78 is 14.2. The molecule has 0 bridgehead atoms. The zero-order valence-electron chi connectivity index (χ0n) is 11.1. The zero-order valence-corrected chi connectivity index (χ0v) is 12.7. The van der Waals surface area contributed by atoms with Gasteiger partial charge in [0, 0.05) is 12.1 Å². The number of carbonyl (C=O) groups is 2. The lowest BCUT2D eigenvalue weighted by Gasteiger charge is -2.17. The Morgan fingerprint density at radius 2 is 2.14 bits per heavy atom. The van der Waals surface area contributed by atoms with Gasteiger partial charge in [0.1, 0.15) is 5.82 Å². The largest absolute Gasteiger partial charge is 0.326 e. The summed E-state index contributed by atoms with van der Waals surface area (Å²) in [5, 5.41) is 4.75. The Bertz CT molecular complexity index is 769. The first kappa shape index (κ1) is 14.2. The third-order valence-corrected chi connectivity index (χ3v) is 5.13. The maximum Gasteiger partial charge on any atom is 0.224 e. The van der Waals surface area contributed by atoms with Crippen molar-refractivity contribution in [2.24, 2.45) is 0 Å². The highest BCUT2D eigenvalue weighted by atomic mass is 35.5. The summed E-state index contributed by atoms with van der Waals surface area (Å²) in [5.74, 6) is -1.21. The van der Waals surface area contributed by atoms with Crippen LogP contribution in [0.25, 0.3) is 0 Å². The standard InChI is InChI=1S/C15H11ClFNO2S/c1-7-6-21-15(13(7)16)14(20)9-4-8-2-3-12(19)18-11(8)5-10(9)17/h4-6H,2-3H2,1H3,(H,18,19). The molecule has 1 aromatic carbocycles. The van der Waals surface area contributed by atoms with Gasteiger partial charge in [-0.15, -0.1) is 11.3 Å². The number of nitrogens with one attached hydrogen (secondary N) is 1. The first-order valence-electron chi connectivity index (χ1n) is 6.38. The topological polar surface area (TPSA) is 46.2 Å². The monoisotopic (exact) mass is 323 g/mol. The highest BCUT2D eigenvalue weighted by molar-refractivity contribution is 7.13. The van der Waals surface area contributed by atoms with Crippen LogP contribution in [0.5, 0.6) is 0 Å². The second-order valence-corrected chi connectivity index (χ2v) is 6.19. The lowest BCUT2D eigenvalue weighted by atomic mass is 9.97. The van der Waals surface area contributed by atoms with Crippen molar-refractivity contribution in [2.45, 2.75) is 19.8 Å². The Balaban J connectivity index is 2.05. The minimum atomic E-state index is -0.650. The average Bonchev–Trinajstić information content (AvgIpc) is 2.77. The summed E-state index contributed by atoms with van der Waals surface area (Å²) in [6.07, 6.45) is 0.837. The molecule has 6 heteroatoms. The molecule has 0 aliphatic carbocycles. The maximum absolute atomic E-state index is 14.2. The summed E-state index contributed by atoms with van der Waals surface area (Å²) in [5.41, 5.74) is 2.00. The predicted molar refractivity (Wildman–Crippen MR) is 80.8 cm³/mol. The maximum atomic E-state index is 14.2. The molecule has 1 amide bonds. The molecule has 1 aliphatic rings. The van der Waals surface area contributed by atoms with Gasteiger partial charge in [0.05, 0.1) is 15.5 Å². The van der Waals surface area contributed by atoms with E-state index in [9.17, 15) is 14.0 Å². The first-order chi connectivity index (χ1) is 9.97. The van der Waals surface area contributed by atoms with E-state index in [1.54, 1.807) is 12.3 Å². The number of anilines is 1. The van der Waals surface area contributed by atoms with Gasteiger partial charge < -0.3 is 5.32 Å². The van der Waals surface area contributed by atoms with Gasteiger partial charge in [-0.1, -0.05) is 11.6 Å². The number of amides is 1. The number of fused-ring (bicyclic) bond motifs is 1. The van der Waals surface area contributed by atoms with E-state index in [-0.39, 0.29) is 11.5 Å². The number of aryl methyl sites for hydroxylation is 2. The third-order valence-electron chi connectivity index (χ3n) is 3.44. The van der Waals surface area contributed by atoms with Crippen LogP contribution in [-0.2, 0) is 11.2 Å². The van der Waals surface area contributed by atoms with Crippen molar-refractivity contribution in [1.82, 2.24) is 0 Å². The average molecular weight is 324 g/mol. The van der Waals surface area contributed by atoms with Gasteiger partial charge in [0.2, 0.25) is 11.7 Å². The Labute approximate surface area is 129 Å². The van der Waals surface area contributed by atoms with Gasteiger partial charge in [-0.25, -0.2) is 4.39 Å². The Kier molecular flexibility index (Phi) is 3.55. The van der Waals surface area contributed by atoms with E-state index in [0.29, 0.717) is 28.4 Å². The van der Waals surface area contributed by atoms with Crippen LogP contribution in [0.2, 0.25) is 5.02 Å². The lowest BCUT2D eigenvalue weighted by molar-refractivity contribution is -0.116. The zero-order chi connectivity index (χ0) is 15.1. The minimum Gasteiger partial charge on any atom is -0.326 e. The summed E-state index contributed by atoms with van der Waals surface area (Å²) in [4.78, 5) is 24.1. The van der Waals surface area contributed by atoms with Crippen LogP contribution >= 0.6 is 22.9 Å². The molecule has 0 spiro atoms. The van der Waals surface area contributed by atoms with Gasteiger partial charge >= 0.3 is 0 Å². The molecule has 0 atom stereocenters. The van der Waals surface area contributed by atoms with Gasteiger partial charge in [-0.05, 0) is 42.0 Å². The molecule has 108 valence electrons. The second kappa shape index (κ2) is 5.24.